The van der Waals surface area contributed by atoms with Gasteiger partial charge in [0.25, 0.3) is 0 Å². The normalized spacial score (nSPS) is 14.7. The zero-order chi connectivity index (χ0) is 14.4. The van der Waals surface area contributed by atoms with Crippen LogP contribution < -0.4 is 5.43 Å². The summed E-state index contributed by atoms with van der Waals surface area (Å²) in [6, 6.07) is 2.67. The van der Waals surface area contributed by atoms with Crippen LogP contribution in [0.5, 0.6) is 0 Å². The summed E-state index contributed by atoms with van der Waals surface area (Å²) in [5, 5.41) is 9.17. The van der Waals surface area contributed by atoms with Crippen molar-refractivity contribution in [3.63, 3.8) is 0 Å². The molecule has 1 heterocycles. The molecule has 1 fully saturated rings. The molecule has 6 heteroatoms. The number of carbonyl (C=O) groups is 1. The maximum absolute atomic E-state index is 13.4. The van der Waals surface area contributed by atoms with E-state index in [1.807, 2.05) is 0 Å². The predicted molar refractivity (Wildman–Crippen MR) is 67.8 cm³/mol. The molecule has 4 nitrogen and oxygen atoms in total. The topological polar surface area (TPSA) is 59.3 Å². The molecular weight excluding hydrogens is 268 g/mol. The van der Waals surface area contributed by atoms with E-state index in [1.165, 1.54) is 4.57 Å². The zero-order valence-electron chi connectivity index (χ0n) is 10.4. The van der Waals surface area contributed by atoms with Crippen molar-refractivity contribution < 1.29 is 18.7 Å². The molecule has 0 bridgehead atoms. The summed E-state index contributed by atoms with van der Waals surface area (Å²) in [5.41, 5.74) is -0.690. The van der Waals surface area contributed by atoms with Crippen LogP contribution in [-0.2, 0) is 6.54 Å². The van der Waals surface area contributed by atoms with Crippen LogP contribution >= 0.6 is 0 Å². The molecule has 1 saturated carbocycles. The molecule has 0 radical (unpaired) electrons. The molecule has 0 aliphatic heterocycles. The second-order valence-corrected chi connectivity index (χ2v) is 5.04. The molecule has 1 aliphatic rings. The fraction of sp³-hybridized carbons (Fsp3) is 0.286. The molecule has 3 rings (SSSR count). The second-order valence-electron chi connectivity index (χ2n) is 5.04. The molecule has 0 amide bonds. The molecular formula is C14H11F2NO3. The average molecular weight is 279 g/mol. The van der Waals surface area contributed by atoms with Crippen molar-refractivity contribution >= 4 is 16.9 Å². The molecule has 104 valence electrons. The highest BCUT2D eigenvalue weighted by Gasteiger charge is 2.25. The van der Waals surface area contributed by atoms with E-state index in [0.29, 0.717) is 12.5 Å². The molecule has 1 aromatic carbocycles. The van der Waals surface area contributed by atoms with Crippen molar-refractivity contribution in [3.8, 4) is 0 Å². The summed E-state index contributed by atoms with van der Waals surface area (Å²) in [5.74, 6) is -3.14. The standard InChI is InChI=1S/C14H11F2NO3/c15-9-3-8-11(4-10(9)16)17(6-7-1-2-7)12(14(19)20)5-13(8)18/h3-5,7H,1-2,6H2,(H,19,20). The number of carboxylic acid groups (broad SMARTS) is 1. The molecule has 0 saturated heterocycles. The lowest BCUT2D eigenvalue weighted by Crippen LogP contribution is -2.19. The SMILES string of the molecule is O=C(O)c1cc(=O)c2cc(F)c(F)cc2n1CC1CC1. The van der Waals surface area contributed by atoms with Crippen LogP contribution in [0, 0.1) is 17.6 Å². The third-order valence-corrected chi connectivity index (χ3v) is 3.51. The van der Waals surface area contributed by atoms with Gasteiger partial charge >= 0.3 is 5.97 Å². The van der Waals surface area contributed by atoms with Gasteiger partial charge in [0.15, 0.2) is 17.1 Å². The summed E-state index contributed by atoms with van der Waals surface area (Å²) in [7, 11) is 0. The van der Waals surface area contributed by atoms with Gasteiger partial charge < -0.3 is 9.67 Å². The lowest BCUT2D eigenvalue weighted by molar-refractivity contribution is 0.0684. The van der Waals surface area contributed by atoms with E-state index in [-0.39, 0.29) is 16.6 Å². The maximum Gasteiger partial charge on any atom is 0.352 e. The smallest absolute Gasteiger partial charge is 0.352 e. The van der Waals surface area contributed by atoms with Crippen molar-refractivity contribution in [1.82, 2.24) is 4.57 Å². The van der Waals surface area contributed by atoms with Crippen LogP contribution in [0.4, 0.5) is 8.78 Å². The van der Waals surface area contributed by atoms with Crippen molar-refractivity contribution in [2.24, 2.45) is 5.92 Å². The predicted octanol–water partition coefficient (Wildman–Crippen LogP) is 2.39. The Morgan fingerprint density at radius 2 is 1.90 bits per heavy atom. The van der Waals surface area contributed by atoms with Crippen LogP contribution in [0.3, 0.4) is 0 Å². The lowest BCUT2D eigenvalue weighted by atomic mass is 10.1. The van der Waals surface area contributed by atoms with Gasteiger partial charge in [0, 0.05) is 24.1 Å². The van der Waals surface area contributed by atoms with Crippen molar-refractivity contribution in [3.05, 3.63) is 45.8 Å². The van der Waals surface area contributed by atoms with Crippen molar-refractivity contribution in [1.29, 1.82) is 0 Å². The fourth-order valence-corrected chi connectivity index (χ4v) is 2.30. The minimum Gasteiger partial charge on any atom is -0.477 e. The molecule has 20 heavy (non-hydrogen) atoms. The number of nitrogens with zero attached hydrogens (tertiary/aromatic N) is 1. The third kappa shape index (κ3) is 2.07. The summed E-state index contributed by atoms with van der Waals surface area (Å²) in [4.78, 5) is 23.1. The van der Waals surface area contributed by atoms with Gasteiger partial charge in [0.1, 0.15) is 5.69 Å². The van der Waals surface area contributed by atoms with Gasteiger partial charge in [-0.15, -0.1) is 0 Å². The quantitative estimate of drug-likeness (QED) is 0.938. The number of aromatic nitrogens is 1. The van der Waals surface area contributed by atoms with Crippen molar-refractivity contribution in [2.75, 3.05) is 0 Å². The van der Waals surface area contributed by atoms with Crippen molar-refractivity contribution in [2.45, 2.75) is 19.4 Å². The van der Waals surface area contributed by atoms with Gasteiger partial charge in [-0.05, 0) is 24.8 Å². The molecule has 1 aromatic heterocycles. The van der Waals surface area contributed by atoms with E-state index in [2.05, 4.69) is 0 Å². The number of hydrogen-bond donors (Lipinski definition) is 1. The van der Waals surface area contributed by atoms with Crippen LogP contribution in [0.25, 0.3) is 10.9 Å². The Kier molecular flexibility index (Phi) is 2.81. The summed E-state index contributed by atoms with van der Waals surface area (Å²) in [6.07, 6.45) is 1.94. The van der Waals surface area contributed by atoms with Crippen LogP contribution in [0.15, 0.2) is 23.0 Å². The van der Waals surface area contributed by atoms with E-state index >= 15 is 0 Å². The number of aromatic carboxylic acids is 1. The minimum atomic E-state index is -1.26. The third-order valence-electron chi connectivity index (χ3n) is 3.51. The summed E-state index contributed by atoms with van der Waals surface area (Å²) >= 11 is 0. The van der Waals surface area contributed by atoms with E-state index in [4.69, 9.17) is 0 Å². The Labute approximate surface area is 112 Å². The van der Waals surface area contributed by atoms with Gasteiger partial charge in [0.2, 0.25) is 0 Å². The van der Waals surface area contributed by atoms with Crippen LogP contribution in [-0.4, -0.2) is 15.6 Å². The van der Waals surface area contributed by atoms with Crippen LogP contribution in [0.1, 0.15) is 23.3 Å². The van der Waals surface area contributed by atoms with Gasteiger partial charge in [-0.2, -0.15) is 0 Å². The van der Waals surface area contributed by atoms with E-state index in [9.17, 15) is 23.5 Å². The number of rotatable bonds is 3. The van der Waals surface area contributed by atoms with Crippen LogP contribution in [0.2, 0.25) is 0 Å². The molecule has 0 unspecified atom stereocenters. The van der Waals surface area contributed by atoms with E-state index < -0.39 is 23.0 Å². The first-order valence-corrected chi connectivity index (χ1v) is 6.23. The number of halogens is 2. The van der Waals surface area contributed by atoms with Gasteiger partial charge in [0.05, 0.1) is 5.52 Å². The summed E-state index contributed by atoms with van der Waals surface area (Å²) in [6.45, 7) is 0.392. The first-order chi connectivity index (χ1) is 9.47. The number of hydrogen-bond acceptors (Lipinski definition) is 2. The summed E-state index contributed by atoms with van der Waals surface area (Å²) < 4.78 is 28.1. The van der Waals surface area contributed by atoms with E-state index in [1.54, 1.807) is 0 Å². The Balaban J connectivity index is 2.36. The lowest BCUT2D eigenvalue weighted by Gasteiger charge is -2.14. The molecule has 2 aromatic rings. The number of benzene rings is 1. The first-order valence-electron chi connectivity index (χ1n) is 6.23. The zero-order valence-corrected chi connectivity index (χ0v) is 10.4. The fourth-order valence-electron chi connectivity index (χ4n) is 2.30. The highest BCUT2D eigenvalue weighted by atomic mass is 19.2. The van der Waals surface area contributed by atoms with Gasteiger partial charge in [-0.1, -0.05) is 0 Å². The number of carboxylic acids is 1. The first kappa shape index (κ1) is 12.8. The average Bonchev–Trinajstić information content (AvgIpc) is 3.18. The monoisotopic (exact) mass is 279 g/mol. The van der Waals surface area contributed by atoms with Gasteiger partial charge in [-0.25, -0.2) is 13.6 Å². The molecule has 0 spiro atoms. The maximum atomic E-state index is 13.4. The van der Waals surface area contributed by atoms with E-state index in [0.717, 1.165) is 31.0 Å². The Morgan fingerprint density at radius 1 is 1.25 bits per heavy atom. The highest BCUT2D eigenvalue weighted by Crippen LogP contribution is 2.32. The molecule has 1 aliphatic carbocycles. The Morgan fingerprint density at radius 3 is 2.50 bits per heavy atom. The Hall–Kier alpha value is -2.24. The number of fused-ring (bicyclic) bond motifs is 1. The molecule has 1 N–H and O–H groups in total. The molecule has 0 atom stereocenters. The largest absolute Gasteiger partial charge is 0.477 e. The highest BCUT2D eigenvalue weighted by molar-refractivity contribution is 5.90. The van der Waals surface area contributed by atoms with Gasteiger partial charge in [-0.3, -0.25) is 4.79 Å². The number of pyridine rings is 1. The second kappa shape index (κ2) is 4.40. The Bertz CT molecular complexity index is 778. The minimum absolute atomic E-state index is 0.00505.